The van der Waals surface area contributed by atoms with Gasteiger partial charge in [0.1, 0.15) is 12.3 Å². The summed E-state index contributed by atoms with van der Waals surface area (Å²) in [6.45, 7) is 7.89. The molecule has 0 unspecified atom stereocenters. The zero-order valence-electron chi connectivity index (χ0n) is 41.2. The number of halogens is 2. The van der Waals surface area contributed by atoms with Gasteiger partial charge in [0.2, 0.25) is 23.6 Å². The number of hydrogen-bond donors (Lipinski definition) is 0. The number of hydrogen-bond acceptors (Lipinski definition) is 12. The number of amides is 2. The van der Waals surface area contributed by atoms with E-state index in [2.05, 4.69) is 41.9 Å². The first-order chi connectivity index (χ1) is 35.1. The molecule has 6 aliphatic rings. The fourth-order valence-corrected chi connectivity index (χ4v) is 11.9. The molecule has 0 saturated carbocycles. The van der Waals surface area contributed by atoms with Gasteiger partial charge in [-0.15, -0.1) is 0 Å². The van der Waals surface area contributed by atoms with Crippen LogP contribution in [0.25, 0.3) is 44.1 Å². The second-order valence-corrected chi connectivity index (χ2v) is 20.2. The molecular weight excluding hydrogens is 919 g/mol. The van der Waals surface area contributed by atoms with Gasteiger partial charge >= 0.3 is 0 Å². The van der Waals surface area contributed by atoms with Crippen molar-refractivity contribution in [1.29, 1.82) is 0 Å². The molecule has 16 heteroatoms. The molecule has 2 atom stereocenters. The smallest absolute Gasteiger partial charge is 0.237 e. The van der Waals surface area contributed by atoms with Crippen LogP contribution in [0.4, 0.5) is 20.2 Å². The van der Waals surface area contributed by atoms with Crippen LogP contribution < -0.4 is 19.3 Å². The molecule has 4 saturated heterocycles. The summed E-state index contributed by atoms with van der Waals surface area (Å²) in [5.74, 6) is 1.44. The van der Waals surface area contributed by atoms with Crippen molar-refractivity contribution < 1.29 is 37.3 Å². The van der Waals surface area contributed by atoms with E-state index in [1.165, 1.54) is 0 Å². The van der Waals surface area contributed by atoms with E-state index in [1.807, 2.05) is 87.4 Å². The molecule has 2 amide bonds. The van der Waals surface area contributed by atoms with Gasteiger partial charge in [-0.05, 0) is 98.9 Å². The maximum atomic E-state index is 13.4. The summed E-state index contributed by atoms with van der Waals surface area (Å²) < 4.78 is 49.5. The Morgan fingerprint density at radius 2 is 0.986 bits per heavy atom. The summed E-state index contributed by atoms with van der Waals surface area (Å²) in [5.41, 5.74) is 8.63. The van der Waals surface area contributed by atoms with Crippen LogP contribution >= 0.6 is 0 Å². The standard InChI is InChI=1S/2C28H31FN4O3/c2*1-32-24-17-30-23-5-3-19(15-22(23)26(24)28(27(32)34)8-13-35-14-9-28)20-4-6-25(31-16-20)36-12-2-10-33-11-7-21(29)18-33/h2*3-6,15-17,21H,2,7-14,18H2,1H3/t2*21-/m10/s1. The number of carbonyl (C=O) groups excluding carboxylic acids is 2. The number of likely N-dealkylation sites (N-methyl/N-ethyl adjacent to an activating group) is 2. The summed E-state index contributed by atoms with van der Waals surface area (Å²) in [6, 6.07) is 20.2. The lowest BCUT2D eigenvalue weighted by Gasteiger charge is -2.32. The number of ether oxygens (including phenoxy) is 4. The molecule has 14 nitrogen and oxygen atoms in total. The van der Waals surface area contributed by atoms with Crippen molar-refractivity contribution in [3.63, 3.8) is 0 Å². The molecule has 12 rings (SSSR count). The summed E-state index contributed by atoms with van der Waals surface area (Å²) in [7, 11) is 3.68. The molecular formula is C56H62F2N8O6. The first-order valence-corrected chi connectivity index (χ1v) is 25.6. The lowest BCUT2D eigenvalue weighted by molar-refractivity contribution is -0.126. The van der Waals surface area contributed by atoms with E-state index >= 15 is 0 Å². The summed E-state index contributed by atoms with van der Waals surface area (Å²) in [4.78, 5) is 52.9. The fourth-order valence-electron chi connectivity index (χ4n) is 11.9. The first kappa shape index (κ1) is 48.1. The number of rotatable bonds is 12. The molecule has 6 aromatic rings. The molecule has 0 N–H and O–H groups in total. The predicted molar refractivity (Wildman–Crippen MR) is 272 cm³/mol. The molecule has 6 aliphatic heterocycles. The van der Waals surface area contributed by atoms with Gasteiger partial charge in [0.15, 0.2) is 0 Å². The van der Waals surface area contributed by atoms with Crippen molar-refractivity contribution in [2.45, 2.75) is 74.5 Å². The highest BCUT2D eigenvalue weighted by atomic mass is 19.1. The third-order valence-electron chi connectivity index (χ3n) is 15.8. The molecule has 4 fully saturated rings. The summed E-state index contributed by atoms with van der Waals surface area (Å²) >= 11 is 0. The van der Waals surface area contributed by atoms with Crippen molar-refractivity contribution in [3.8, 4) is 34.0 Å². The number of alkyl halides is 2. The number of carbonyl (C=O) groups is 2. The quantitative estimate of drug-likeness (QED) is 0.109. The third-order valence-corrected chi connectivity index (χ3v) is 15.8. The Hall–Kier alpha value is -6.20. The zero-order valence-corrected chi connectivity index (χ0v) is 41.2. The Morgan fingerprint density at radius 1 is 0.569 bits per heavy atom. The Balaban J connectivity index is 0.000000156. The molecule has 2 spiro atoms. The SMILES string of the molecule is CN1C(=O)C2(CCOCC2)c2c1cnc1ccc(-c3ccc(OCCCN4CC[C@@H](F)C4)nc3)cc21.CN1C(=O)C2(CCOCC2)c2c1cnc1ccc(-c3ccc(OCCCN4CC[C@H](F)C4)nc3)cc21. The van der Waals surface area contributed by atoms with E-state index in [1.54, 1.807) is 9.80 Å². The summed E-state index contributed by atoms with van der Waals surface area (Å²) in [5, 5.41) is 2.03. The maximum absolute atomic E-state index is 13.4. The number of fused-ring (bicyclic) bond motifs is 8. The predicted octanol–water partition coefficient (Wildman–Crippen LogP) is 8.27. The maximum Gasteiger partial charge on any atom is 0.237 e. The van der Waals surface area contributed by atoms with Crippen molar-refractivity contribution >= 4 is 45.0 Å². The Labute approximate surface area is 418 Å². The molecule has 4 aromatic heterocycles. The molecule has 72 heavy (non-hydrogen) atoms. The van der Waals surface area contributed by atoms with Crippen LogP contribution in [0, 0.1) is 0 Å². The van der Waals surface area contributed by atoms with E-state index in [0.717, 1.165) is 106 Å². The van der Waals surface area contributed by atoms with Gasteiger partial charge in [0, 0.05) is 137 Å². The van der Waals surface area contributed by atoms with E-state index in [0.29, 0.717) is 103 Å². The minimum atomic E-state index is -0.685. The van der Waals surface area contributed by atoms with E-state index in [9.17, 15) is 18.4 Å². The highest BCUT2D eigenvalue weighted by Gasteiger charge is 2.53. The second kappa shape index (κ2) is 20.4. The topological polar surface area (TPSA) is 136 Å². The van der Waals surface area contributed by atoms with Gasteiger partial charge in [-0.25, -0.2) is 18.7 Å². The number of anilines is 2. The monoisotopic (exact) mass is 980 g/mol. The zero-order chi connectivity index (χ0) is 49.4. The van der Waals surface area contributed by atoms with Gasteiger partial charge < -0.3 is 38.5 Å². The van der Waals surface area contributed by atoms with Gasteiger partial charge in [0.25, 0.3) is 0 Å². The minimum absolute atomic E-state index is 0.137. The Bertz CT molecular complexity index is 2750. The molecule has 376 valence electrons. The van der Waals surface area contributed by atoms with Crippen molar-refractivity contribution in [3.05, 3.63) is 96.6 Å². The first-order valence-electron chi connectivity index (χ1n) is 25.6. The average Bonchev–Trinajstić information content (AvgIpc) is 4.14. The number of likely N-dealkylation sites (tertiary alicyclic amines) is 2. The van der Waals surface area contributed by atoms with Crippen molar-refractivity contribution in [2.75, 3.05) is 103 Å². The van der Waals surface area contributed by atoms with E-state index in [-0.39, 0.29) is 11.8 Å². The lowest BCUT2D eigenvalue weighted by Crippen LogP contribution is -2.43. The largest absolute Gasteiger partial charge is 0.478 e. The number of pyridine rings is 4. The minimum Gasteiger partial charge on any atom is -0.478 e. The van der Waals surface area contributed by atoms with Gasteiger partial charge in [-0.3, -0.25) is 19.6 Å². The molecule has 0 bridgehead atoms. The van der Waals surface area contributed by atoms with Gasteiger partial charge in [0.05, 0.1) is 58.8 Å². The van der Waals surface area contributed by atoms with E-state index < -0.39 is 23.2 Å². The molecule has 0 radical (unpaired) electrons. The number of benzene rings is 2. The Kier molecular flexibility index (Phi) is 13.6. The van der Waals surface area contributed by atoms with Crippen molar-refractivity contribution in [1.82, 2.24) is 29.7 Å². The van der Waals surface area contributed by atoms with Crippen LogP contribution in [0.2, 0.25) is 0 Å². The number of nitrogens with zero attached hydrogens (tertiary/aromatic N) is 8. The number of aromatic nitrogens is 4. The van der Waals surface area contributed by atoms with Crippen molar-refractivity contribution in [2.24, 2.45) is 0 Å². The van der Waals surface area contributed by atoms with Gasteiger partial charge in [-0.2, -0.15) is 0 Å². The Morgan fingerprint density at radius 3 is 1.36 bits per heavy atom. The lowest BCUT2D eigenvalue weighted by atomic mass is 9.74. The van der Waals surface area contributed by atoms with Crippen LogP contribution in [0.1, 0.15) is 62.5 Å². The van der Waals surface area contributed by atoms with Crippen LogP contribution in [0.3, 0.4) is 0 Å². The molecule has 10 heterocycles. The molecule has 2 aromatic carbocycles. The van der Waals surface area contributed by atoms with Crippen LogP contribution in [0.15, 0.2) is 85.5 Å². The van der Waals surface area contributed by atoms with Gasteiger partial charge in [-0.1, -0.05) is 12.1 Å². The average molecular weight is 981 g/mol. The van der Waals surface area contributed by atoms with Crippen LogP contribution in [-0.4, -0.2) is 147 Å². The molecule has 0 aliphatic carbocycles. The summed E-state index contributed by atoms with van der Waals surface area (Å²) in [6.07, 6.45) is 11.6. The normalized spacial score (nSPS) is 21.4. The van der Waals surface area contributed by atoms with Crippen LogP contribution in [-0.2, 0) is 29.9 Å². The van der Waals surface area contributed by atoms with E-state index in [4.69, 9.17) is 18.9 Å². The fraction of sp³-hybridized carbons (Fsp3) is 0.464. The third kappa shape index (κ3) is 9.15. The highest BCUT2D eigenvalue weighted by Crippen LogP contribution is 2.51. The highest BCUT2D eigenvalue weighted by molar-refractivity contribution is 6.13. The van der Waals surface area contributed by atoms with Crippen LogP contribution in [0.5, 0.6) is 11.8 Å². The second-order valence-electron chi connectivity index (χ2n) is 20.2.